The van der Waals surface area contributed by atoms with E-state index >= 15 is 0 Å². The van der Waals surface area contributed by atoms with E-state index in [2.05, 4.69) is 13.8 Å². The van der Waals surface area contributed by atoms with Crippen molar-refractivity contribution in [2.24, 2.45) is 0 Å². The van der Waals surface area contributed by atoms with Gasteiger partial charge in [0.25, 0.3) is 0 Å². The van der Waals surface area contributed by atoms with Gasteiger partial charge < -0.3 is 15.0 Å². The van der Waals surface area contributed by atoms with Crippen LogP contribution in [0.5, 0.6) is 0 Å². The number of quaternary nitrogens is 1. The van der Waals surface area contributed by atoms with Crippen LogP contribution in [-0.4, -0.2) is 36.0 Å². The van der Waals surface area contributed by atoms with Gasteiger partial charge in [0.1, 0.15) is 6.54 Å². The van der Waals surface area contributed by atoms with Gasteiger partial charge in [0.05, 0.1) is 19.7 Å². The molecule has 0 saturated carbocycles. The number of nitrogens with zero attached hydrogens (tertiary/aromatic N) is 1. The lowest BCUT2D eigenvalue weighted by Crippen LogP contribution is -2.45. The van der Waals surface area contributed by atoms with E-state index in [9.17, 15) is 5.21 Å². The summed E-state index contributed by atoms with van der Waals surface area (Å²) in [5.41, 5.74) is 0. The molecule has 0 saturated heterocycles. The fraction of sp³-hybridized carbons (Fsp3) is 1.00. The van der Waals surface area contributed by atoms with Crippen LogP contribution in [0.2, 0.25) is 0 Å². The van der Waals surface area contributed by atoms with Gasteiger partial charge in [0.15, 0.2) is 0 Å². The molecule has 0 heterocycles. The van der Waals surface area contributed by atoms with E-state index in [0.717, 1.165) is 25.7 Å². The van der Waals surface area contributed by atoms with Crippen LogP contribution in [0, 0.1) is 5.21 Å². The third kappa shape index (κ3) is 6.02. The van der Waals surface area contributed by atoms with Crippen molar-refractivity contribution in [2.45, 2.75) is 39.5 Å². The van der Waals surface area contributed by atoms with Crippen molar-refractivity contribution >= 4 is 0 Å². The summed E-state index contributed by atoms with van der Waals surface area (Å²) in [4.78, 5) is 0. The fourth-order valence-electron chi connectivity index (χ4n) is 1.41. The van der Waals surface area contributed by atoms with E-state index in [0.29, 0.717) is 19.6 Å². The second-order valence-corrected chi connectivity index (χ2v) is 3.66. The lowest BCUT2D eigenvalue weighted by Gasteiger charge is -2.42. The molecule has 0 aliphatic heterocycles. The molecule has 1 N–H and O–H groups in total. The van der Waals surface area contributed by atoms with Crippen LogP contribution in [-0.2, 0) is 0 Å². The highest BCUT2D eigenvalue weighted by Gasteiger charge is 2.14. The lowest BCUT2D eigenvalue weighted by molar-refractivity contribution is -0.881. The summed E-state index contributed by atoms with van der Waals surface area (Å²) in [6.45, 7) is 5.87. The highest BCUT2D eigenvalue weighted by molar-refractivity contribution is 4.45. The molecule has 0 amide bonds. The van der Waals surface area contributed by atoms with Crippen LogP contribution in [0.3, 0.4) is 0 Å². The second-order valence-electron chi connectivity index (χ2n) is 3.66. The minimum atomic E-state index is -0.196. The molecule has 3 nitrogen and oxygen atoms in total. The van der Waals surface area contributed by atoms with E-state index in [1.165, 1.54) is 0 Å². The van der Waals surface area contributed by atoms with Crippen molar-refractivity contribution in [1.82, 2.24) is 0 Å². The molecular formula is C10H23NO2. The maximum atomic E-state index is 12.0. The molecule has 0 aromatic rings. The Morgan fingerprint density at radius 3 is 1.77 bits per heavy atom. The molecular weight excluding hydrogens is 166 g/mol. The molecule has 3 heteroatoms. The Morgan fingerprint density at radius 1 is 1.00 bits per heavy atom. The van der Waals surface area contributed by atoms with Crippen LogP contribution in [0.1, 0.15) is 39.5 Å². The maximum Gasteiger partial charge on any atom is 0.102 e. The summed E-state index contributed by atoms with van der Waals surface area (Å²) >= 11 is 0. The first-order valence-electron chi connectivity index (χ1n) is 5.36. The standard InChI is InChI=1S/C10H23NO2/c1-3-5-7-11(13,9-10-12)8-6-4-2/h12H,3-10H2,1-2H3. The monoisotopic (exact) mass is 189 g/mol. The van der Waals surface area contributed by atoms with Crippen molar-refractivity contribution in [3.05, 3.63) is 5.21 Å². The molecule has 13 heavy (non-hydrogen) atoms. The Bertz CT molecular complexity index is 109. The summed E-state index contributed by atoms with van der Waals surface area (Å²) in [5.74, 6) is 0. The van der Waals surface area contributed by atoms with Crippen LogP contribution >= 0.6 is 0 Å². The SMILES string of the molecule is CCCC[N+]([O-])(CCO)CCCC. The molecule has 0 aliphatic rings. The molecule has 0 atom stereocenters. The van der Waals surface area contributed by atoms with Gasteiger partial charge in [0.2, 0.25) is 0 Å². The number of hydrogen-bond donors (Lipinski definition) is 1. The second kappa shape index (κ2) is 7.30. The molecule has 0 bridgehead atoms. The molecule has 0 aromatic heterocycles. The molecule has 0 aromatic carbocycles. The van der Waals surface area contributed by atoms with Crippen molar-refractivity contribution in [3.63, 3.8) is 0 Å². The largest absolute Gasteiger partial charge is 0.633 e. The van der Waals surface area contributed by atoms with Gasteiger partial charge >= 0.3 is 0 Å². The highest BCUT2D eigenvalue weighted by atomic mass is 16.5. The van der Waals surface area contributed by atoms with Gasteiger partial charge in [-0.25, -0.2) is 0 Å². The fourth-order valence-corrected chi connectivity index (χ4v) is 1.41. The first-order chi connectivity index (χ1) is 6.18. The van der Waals surface area contributed by atoms with Crippen LogP contribution < -0.4 is 0 Å². The topological polar surface area (TPSA) is 43.3 Å². The highest BCUT2D eigenvalue weighted by Crippen LogP contribution is 2.09. The van der Waals surface area contributed by atoms with E-state index in [4.69, 9.17) is 5.11 Å². The summed E-state index contributed by atoms with van der Waals surface area (Å²) in [5, 5.41) is 20.8. The van der Waals surface area contributed by atoms with Gasteiger partial charge in [-0.3, -0.25) is 0 Å². The smallest absolute Gasteiger partial charge is 0.102 e. The minimum absolute atomic E-state index is 0.0108. The summed E-state index contributed by atoms with van der Waals surface area (Å²) in [6.07, 6.45) is 4.04. The Hall–Kier alpha value is -0.120. The molecule has 0 spiro atoms. The minimum Gasteiger partial charge on any atom is -0.633 e. The lowest BCUT2D eigenvalue weighted by atomic mass is 10.2. The van der Waals surface area contributed by atoms with Crippen LogP contribution in [0.25, 0.3) is 0 Å². The van der Waals surface area contributed by atoms with Gasteiger partial charge in [0, 0.05) is 0 Å². The van der Waals surface area contributed by atoms with Crippen LogP contribution in [0.15, 0.2) is 0 Å². The predicted molar refractivity (Wildman–Crippen MR) is 55.1 cm³/mol. The van der Waals surface area contributed by atoms with Gasteiger partial charge in [-0.15, -0.1) is 0 Å². The number of hydrogen-bond acceptors (Lipinski definition) is 2. The zero-order chi connectivity index (χ0) is 10.2. The van der Waals surface area contributed by atoms with Crippen LogP contribution in [0.4, 0.5) is 0 Å². The Morgan fingerprint density at radius 2 is 1.46 bits per heavy atom. The Labute approximate surface area is 81.5 Å². The normalized spacial score (nSPS) is 12.0. The average Bonchev–Trinajstić information content (AvgIpc) is 2.12. The summed E-state index contributed by atoms with van der Waals surface area (Å²) in [7, 11) is 0. The number of hydroxylamine groups is 3. The van der Waals surface area contributed by atoms with Gasteiger partial charge in [-0.05, 0) is 12.8 Å². The van der Waals surface area contributed by atoms with E-state index in [1.807, 2.05) is 0 Å². The van der Waals surface area contributed by atoms with E-state index in [1.54, 1.807) is 0 Å². The average molecular weight is 189 g/mol. The van der Waals surface area contributed by atoms with Gasteiger partial charge in [-0.1, -0.05) is 26.7 Å². The molecule has 0 unspecified atom stereocenters. The third-order valence-corrected chi connectivity index (χ3v) is 2.35. The van der Waals surface area contributed by atoms with Crippen molar-refractivity contribution in [2.75, 3.05) is 26.2 Å². The van der Waals surface area contributed by atoms with Gasteiger partial charge in [-0.2, -0.15) is 0 Å². The molecule has 80 valence electrons. The number of unbranched alkanes of at least 4 members (excludes halogenated alkanes) is 2. The number of aliphatic hydroxyl groups is 1. The molecule has 0 aliphatic carbocycles. The maximum absolute atomic E-state index is 12.0. The zero-order valence-electron chi connectivity index (χ0n) is 8.96. The summed E-state index contributed by atoms with van der Waals surface area (Å²) in [6, 6.07) is 0. The number of rotatable bonds is 8. The Kier molecular flexibility index (Phi) is 7.23. The van der Waals surface area contributed by atoms with Crippen molar-refractivity contribution < 1.29 is 9.75 Å². The van der Waals surface area contributed by atoms with Crippen molar-refractivity contribution in [1.29, 1.82) is 0 Å². The molecule has 0 fully saturated rings. The molecule has 0 rings (SSSR count). The Balaban J connectivity index is 3.84. The zero-order valence-corrected chi connectivity index (χ0v) is 8.96. The number of aliphatic hydroxyl groups excluding tert-OH is 1. The third-order valence-electron chi connectivity index (χ3n) is 2.35. The predicted octanol–water partition coefficient (Wildman–Crippen LogP) is 1.89. The summed E-state index contributed by atoms with van der Waals surface area (Å²) < 4.78 is -0.196. The first-order valence-corrected chi connectivity index (χ1v) is 5.36. The quantitative estimate of drug-likeness (QED) is 0.468. The van der Waals surface area contributed by atoms with E-state index in [-0.39, 0.29) is 11.3 Å². The van der Waals surface area contributed by atoms with E-state index < -0.39 is 0 Å². The molecule has 0 radical (unpaired) electrons. The first kappa shape index (κ1) is 12.9. The van der Waals surface area contributed by atoms with Crippen molar-refractivity contribution in [3.8, 4) is 0 Å².